The van der Waals surface area contributed by atoms with Gasteiger partial charge in [0, 0.05) is 40.3 Å². The van der Waals surface area contributed by atoms with E-state index in [0.717, 1.165) is 66.3 Å². The van der Waals surface area contributed by atoms with Crippen molar-refractivity contribution in [3.63, 3.8) is 0 Å². The number of aryl methyl sites for hydroxylation is 1. The first-order chi connectivity index (χ1) is 19.9. The average Bonchev–Trinajstić information content (AvgIpc) is 3.40. The first kappa shape index (κ1) is 29.7. The number of nitrogens with two attached hydrogens (primary N) is 1. The highest BCUT2D eigenvalue weighted by Gasteiger charge is 2.17. The molecule has 0 aliphatic heterocycles. The number of para-hydroxylation sites is 1. The largest absolute Gasteiger partial charge is 0.370 e. The van der Waals surface area contributed by atoms with Crippen LogP contribution in [-0.2, 0) is 4.79 Å². The molecule has 4 rings (SSSR count). The normalized spacial score (nSPS) is 10.9. The third kappa shape index (κ3) is 8.62. The van der Waals surface area contributed by atoms with Gasteiger partial charge >= 0.3 is 0 Å². The number of carbonyl (C=O) groups is 3. The Bertz CT molecular complexity index is 1500. The van der Waals surface area contributed by atoms with Gasteiger partial charge in [-0.25, -0.2) is 4.98 Å². The number of pyridine rings is 1. The third-order valence-electron chi connectivity index (χ3n) is 6.91. The van der Waals surface area contributed by atoms with E-state index in [2.05, 4.69) is 20.9 Å². The molecule has 4 aromatic rings. The molecule has 0 unspecified atom stereocenters. The maximum Gasteiger partial charge on any atom is 0.257 e. The van der Waals surface area contributed by atoms with E-state index in [0.29, 0.717) is 35.6 Å². The number of rotatable bonds is 15. The molecule has 41 heavy (non-hydrogen) atoms. The smallest absolute Gasteiger partial charge is 0.257 e. The number of unbranched alkanes of at least 4 members (excludes halogenated alkanes) is 6. The first-order valence-electron chi connectivity index (χ1n) is 14.1. The van der Waals surface area contributed by atoms with E-state index in [1.807, 2.05) is 60.8 Å². The number of carbonyl (C=O) groups excluding carboxylic acids is 3. The van der Waals surface area contributed by atoms with Crippen LogP contribution in [0.5, 0.6) is 0 Å². The Morgan fingerprint density at radius 1 is 0.854 bits per heavy atom. The molecule has 0 fully saturated rings. The topological polar surface area (TPSA) is 126 Å². The Hall–Kier alpha value is -4.24. The van der Waals surface area contributed by atoms with Crippen molar-refractivity contribution in [2.24, 2.45) is 5.73 Å². The molecule has 0 atom stereocenters. The van der Waals surface area contributed by atoms with Crippen LogP contribution in [0.3, 0.4) is 0 Å². The van der Waals surface area contributed by atoms with E-state index in [4.69, 9.17) is 5.73 Å². The van der Waals surface area contributed by atoms with Gasteiger partial charge < -0.3 is 21.7 Å². The predicted molar refractivity (Wildman–Crippen MR) is 167 cm³/mol. The number of hydrogen-bond donors (Lipinski definition) is 4. The lowest BCUT2D eigenvalue weighted by Crippen LogP contribution is -2.25. The van der Waals surface area contributed by atoms with E-state index in [-0.39, 0.29) is 17.7 Å². The summed E-state index contributed by atoms with van der Waals surface area (Å²) in [6.07, 6.45) is 9.02. The van der Waals surface area contributed by atoms with Gasteiger partial charge in [0.2, 0.25) is 5.91 Å². The lowest BCUT2D eigenvalue weighted by atomic mass is 10.1. The molecular formula is C32H37N5O3S. The summed E-state index contributed by atoms with van der Waals surface area (Å²) < 4.78 is 1.03. The predicted octanol–water partition coefficient (Wildman–Crippen LogP) is 6.94. The zero-order valence-corrected chi connectivity index (χ0v) is 24.2. The monoisotopic (exact) mass is 571 g/mol. The van der Waals surface area contributed by atoms with Gasteiger partial charge in [-0.2, -0.15) is 0 Å². The minimum Gasteiger partial charge on any atom is -0.370 e. The molecule has 0 radical (unpaired) electrons. The molecule has 0 aliphatic carbocycles. The first-order valence-corrected chi connectivity index (χ1v) is 15.0. The maximum absolute atomic E-state index is 13.3. The van der Waals surface area contributed by atoms with Gasteiger partial charge in [-0.05, 0) is 43.5 Å². The summed E-state index contributed by atoms with van der Waals surface area (Å²) in [4.78, 5) is 41.6. The lowest BCUT2D eigenvalue weighted by molar-refractivity contribution is -0.118. The summed E-state index contributed by atoms with van der Waals surface area (Å²) in [6, 6.07) is 17.3. The molecule has 0 spiro atoms. The van der Waals surface area contributed by atoms with E-state index >= 15 is 0 Å². The van der Waals surface area contributed by atoms with Crippen LogP contribution in [0.2, 0.25) is 0 Å². The Morgan fingerprint density at radius 2 is 1.56 bits per heavy atom. The molecule has 0 saturated carbocycles. The van der Waals surface area contributed by atoms with E-state index in [9.17, 15) is 14.4 Å². The van der Waals surface area contributed by atoms with Crippen molar-refractivity contribution in [2.45, 2.75) is 58.3 Å². The van der Waals surface area contributed by atoms with E-state index < -0.39 is 0 Å². The van der Waals surface area contributed by atoms with Gasteiger partial charge in [0.1, 0.15) is 0 Å². The highest BCUT2D eigenvalue weighted by atomic mass is 32.1. The second kappa shape index (κ2) is 14.9. The van der Waals surface area contributed by atoms with E-state index in [1.54, 1.807) is 6.07 Å². The summed E-state index contributed by atoms with van der Waals surface area (Å²) in [7, 11) is 0. The quantitative estimate of drug-likeness (QED) is 0.115. The highest BCUT2D eigenvalue weighted by molar-refractivity contribution is 7.17. The summed E-state index contributed by atoms with van der Waals surface area (Å²) in [5.74, 6) is -0.273. The van der Waals surface area contributed by atoms with Crippen molar-refractivity contribution in [1.82, 2.24) is 10.3 Å². The van der Waals surface area contributed by atoms with Crippen LogP contribution < -0.4 is 21.7 Å². The molecule has 214 valence electrons. The average molecular weight is 572 g/mol. The number of thiophene rings is 1. The molecule has 2 aromatic heterocycles. The zero-order valence-electron chi connectivity index (χ0n) is 23.4. The number of amides is 3. The summed E-state index contributed by atoms with van der Waals surface area (Å²) in [5, 5.41) is 12.0. The van der Waals surface area contributed by atoms with Gasteiger partial charge in [0.05, 0.1) is 16.8 Å². The van der Waals surface area contributed by atoms with Gasteiger partial charge in [-0.1, -0.05) is 68.5 Å². The van der Waals surface area contributed by atoms with Crippen molar-refractivity contribution in [3.8, 4) is 0 Å². The number of anilines is 3. The van der Waals surface area contributed by atoms with Crippen molar-refractivity contribution >= 4 is 56.3 Å². The van der Waals surface area contributed by atoms with Crippen molar-refractivity contribution in [2.75, 3.05) is 17.2 Å². The van der Waals surface area contributed by atoms with Crippen molar-refractivity contribution < 1.29 is 14.4 Å². The fourth-order valence-corrected chi connectivity index (χ4v) is 5.52. The molecule has 2 heterocycles. The summed E-state index contributed by atoms with van der Waals surface area (Å²) in [6.45, 7) is 2.55. The molecule has 3 amide bonds. The van der Waals surface area contributed by atoms with Crippen LogP contribution in [0.25, 0.3) is 10.1 Å². The number of primary amides is 1. The Balaban J connectivity index is 1.38. The summed E-state index contributed by atoms with van der Waals surface area (Å²) in [5.41, 5.74) is 8.44. The van der Waals surface area contributed by atoms with Crippen LogP contribution in [0.15, 0.2) is 66.2 Å². The van der Waals surface area contributed by atoms with Gasteiger partial charge in [0.25, 0.3) is 11.8 Å². The van der Waals surface area contributed by atoms with Crippen LogP contribution in [0.1, 0.15) is 77.6 Å². The number of fused-ring (bicyclic) bond motifs is 1. The standard InChI is InChI=1S/C32H37N5O3S/c1-22-13-8-10-15-26(22)36-30-27(37-32(40)25-21-41-28-16-11-9-14-24(25)28)19-23(20-35-30)31(39)34-18-12-6-4-2-3-5-7-17-29(33)38/h8-11,13-16,19-21H,2-7,12,17-18H2,1H3,(H2,33,38)(H,34,39)(H,35,36)(H,37,40). The molecule has 9 heteroatoms. The van der Waals surface area contributed by atoms with Crippen LogP contribution >= 0.6 is 11.3 Å². The lowest BCUT2D eigenvalue weighted by Gasteiger charge is -2.15. The number of hydrogen-bond acceptors (Lipinski definition) is 6. The molecule has 5 N–H and O–H groups in total. The molecular weight excluding hydrogens is 534 g/mol. The maximum atomic E-state index is 13.3. The number of nitrogens with one attached hydrogen (secondary N) is 3. The zero-order chi connectivity index (χ0) is 29.0. The van der Waals surface area contributed by atoms with Crippen LogP contribution in [0, 0.1) is 6.92 Å². The van der Waals surface area contributed by atoms with Crippen molar-refractivity contribution in [1.29, 1.82) is 0 Å². The highest BCUT2D eigenvalue weighted by Crippen LogP contribution is 2.29. The van der Waals surface area contributed by atoms with Gasteiger partial charge in [0.15, 0.2) is 5.82 Å². The molecule has 0 saturated heterocycles. The molecule has 2 aromatic carbocycles. The molecule has 0 bridgehead atoms. The Kier molecular flexibility index (Phi) is 10.8. The minimum absolute atomic E-state index is 0.233. The second-order valence-electron chi connectivity index (χ2n) is 10.1. The molecule has 0 aliphatic rings. The second-order valence-corrected chi connectivity index (χ2v) is 11.0. The fraction of sp³-hybridized carbons (Fsp3) is 0.312. The Labute approximate surface area is 244 Å². The van der Waals surface area contributed by atoms with Gasteiger partial charge in [-0.15, -0.1) is 11.3 Å². The number of aromatic nitrogens is 1. The number of benzene rings is 2. The van der Waals surface area contributed by atoms with Crippen LogP contribution in [0.4, 0.5) is 17.2 Å². The minimum atomic E-state index is -0.260. The molecule has 8 nitrogen and oxygen atoms in total. The fourth-order valence-electron chi connectivity index (χ4n) is 4.58. The van der Waals surface area contributed by atoms with E-state index in [1.165, 1.54) is 17.5 Å². The van der Waals surface area contributed by atoms with Crippen LogP contribution in [-0.4, -0.2) is 29.3 Å². The van der Waals surface area contributed by atoms with Gasteiger partial charge in [-0.3, -0.25) is 14.4 Å². The third-order valence-corrected chi connectivity index (χ3v) is 7.87. The summed E-state index contributed by atoms with van der Waals surface area (Å²) >= 11 is 1.52. The van der Waals surface area contributed by atoms with Crippen molar-refractivity contribution in [3.05, 3.63) is 82.9 Å². The number of nitrogens with zero attached hydrogens (tertiary/aromatic N) is 1. The Morgan fingerprint density at radius 3 is 2.34 bits per heavy atom. The SMILES string of the molecule is Cc1ccccc1Nc1ncc(C(=O)NCCCCCCCCCC(N)=O)cc1NC(=O)c1csc2ccccc12.